The Morgan fingerprint density at radius 1 is 1.52 bits per heavy atom. The number of amides is 1. The van der Waals surface area contributed by atoms with Gasteiger partial charge < -0.3 is 14.4 Å². The molecule has 0 bridgehead atoms. The maximum absolute atomic E-state index is 12.7. The van der Waals surface area contributed by atoms with Crippen molar-refractivity contribution < 1.29 is 14.3 Å². The van der Waals surface area contributed by atoms with E-state index in [4.69, 9.17) is 9.47 Å². The van der Waals surface area contributed by atoms with Crippen LogP contribution in [0.25, 0.3) is 0 Å². The van der Waals surface area contributed by atoms with E-state index in [-0.39, 0.29) is 17.6 Å². The number of rotatable bonds is 4. The number of ether oxygens (including phenoxy) is 2. The lowest BCUT2D eigenvalue weighted by molar-refractivity contribution is 0.000273. The summed E-state index contributed by atoms with van der Waals surface area (Å²) in [5, 5.41) is 1.97. The molecule has 132 valence electrons. The first-order valence-corrected chi connectivity index (χ1v) is 9.51. The van der Waals surface area contributed by atoms with Crippen LogP contribution < -0.4 is 0 Å². The van der Waals surface area contributed by atoms with E-state index in [9.17, 15) is 4.79 Å². The molecule has 0 N–H and O–H groups in total. The highest BCUT2D eigenvalue weighted by Gasteiger charge is 2.47. The molecule has 2 aromatic heterocycles. The maximum Gasteiger partial charge on any atom is 0.264 e. The molecular weight excluding hydrogens is 336 g/mol. The minimum Gasteiger partial charge on any atom is -0.371 e. The van der Waals surface area contributed by atoms with E-state index < -0.39 is 0 Å². The van der Waals surface area contributed by atoms with Crippen molar-refractivity contribution in [2.75, 3.05) is 19.7 Å². The van der Waals surface area contributed by atoms with Gasteiger partial charge in [-0.2, -0.15) is 0 Å². The fraction of sp³-hybridized carbons (Fsp3) is 0.474. The Morgan fingerprint density at radius 3 is 3.20 bits per heavy atom. The summed E-state index contributed by atoms with van der Waals surface area (Å²) in [4.78, 5) is 19.6. The average Bonchev–Trinajstić information content (AvgIpc) is 3.35. The van der Waals surface area contributed by atoms with E-state index in [1.807, 2.05) is 41.6 Å². The van der Waals surface area contributed by atoms with Crippen molar-refractivity contribution in [1.82, 2.24) is 9.88 Å². The number of nitrogens with zero attached hydrogens (tertiary/aromatic N) is 2. The number of likely N-dealkylation sites (tertiary alicyclic amines) is 1. The van der Waals surface area contributed by atoms with E-state index in [1.165, 1.54) is 11.3 Å². The fourth-order valence-electron chi connectivity index (χ4n) is 3.64. The van der Waals surface area contributed by atoms with Crippen molar-refractivity contribution in [3.05, 3.63) is 52.0 Å². The van der Waals surface area contributed by atoms with Crippen LogP contribution in [-0.2, 0) is 16.1 Å². The Hall–Kier alpha value is -1.76. The minimum absolute atomic E-state index is 0.0822. The van der Waals surface area contributed by atoms with Crippen LogP contribution in [0.4, 0.5) is 0 Å². The van der Waals surface area contributed by atoms with Crippen molar-refractivity contribution in [2.45, 2.75) is 38.1 Å². The smallest absolute Gasteiger partial charge is 0.264 e. The topological polar surface area (TPSA) is 51.7 Å². The largest absolute Gasteiger partial charge is 0.371 e. The van der Waals surface area contributed by atoms with Gasteiger partial charge in [0.15, 0.2) is 0 Å². The van der Waals surface area contributed by atoms with Crippen LogP contribution in [0.1, 0.15) is 33.6 Å². The zero-order valence-corrected chi connectivity index (χ0v) is 15.1. The summed E-state index contributed by atoms with van der Waals surface area (Å²) in [6.07, 6.45) is 5.40. The second kappa shape index (κ2) is 6.86. The van der Waals surface area contributed by atoms with Gasteiger partial charge in [-0.15, -0.1) is 11.3 Å². The monoisotopic (exact) mass is 358 g/mol. The molecule has 2 fully saturated rings. The average molecular weight is 358 g/mol. The highest BCUT2D eigenvalue weighted by Crippen LogP contribution is 2.37. The summed E-state index contributed by atoms with van der Waals surface area (Å²) in [5.41, 5.74) is 1.89. The number of aromatic nitrogens is 1. The molecule has 0 radical (unpaired) electrons. The molecule has 25 heavy (non-hydrogen) atoms. The summed E-state index contributed by atoms with van der Waals surface area (Å²) in [6, 6.07) is 5.92. The molecule has 6 heteroatoms. The number of carbonyl (C=O) groups is 1. The predicted molar refractivity (Wildman–Crippen MR) is 95.7 cm³/mol. The number of aryl methyl sites for hydroxylation is 1. The van der Waals surface area contributed by atoms with Crippen molar-refractivity contribution in [3.8, 4) is 0 Å². The highest BCUT2D eigenvalue weighted by atomic mass is 32.1. The minimum atomic E-state index is -0.236. The van der Waals surface area contributed by atoms with Gasteiger partial charge in [0.05, 0.1) is 36.3 Å². The fourth-order valence-corrected chi connectivity index (χ4v) is 4.54. The lowest BCUT2D eigenvalue weighted by Gasteiger charge is -2.23. The normalized spacial score (nSPS) is 25.8. The molecule has 4 rings (SSSR count). The van der Waals surface area contributed by atoms with Gasteiger partial charge in [0.2, 0.25) is 0 Å². The Bertz CT molecular complexity index is 748. The van der Waals surface area contributed by atoms with Gasteiger partial charge >= 0.3 is 0 Å². The third-order valence-electron chi connectivity index (χ3n) is 5.04. The van der Waals surface area contributed by atoms with Gasteiger partial charge in [0, 0.05) is 25.4 Å². The SMILES string of the molecule is Cc1ccsc1C(=O)N1CC[C@]2(C[C@H](OCc3cccnc3)CO2)C1. The van der Waals surface area contributed by atoms with Gasteiger partial charge in [-0.05, 0) is 42.0 Å². The van der Waals surface area contributed by atoms with Crippen molar-refractivity contribution in [1.29, 1.82) is 0 Å². The predicted octanol–water partition coefficient (Wildman–Crippen LogP) is 3.04. The van der Waals surface area contributed by atoms with Gasteiger partial charge in [0.25, 0.3) is 5.91 Å². The third kappa shape index (κ3) is 3.47. The Morgan fingerprint density at radius 2 is 2.44 bits per heavy atom. The number of carbonyl (C=O) groups excluding carboxylic acids is 1. The summed E-state index contributed by atoms with van der Waals surface area (Å²) in [5.74, 6) is 0.132. The lowest BCUT2D eigenvalue weighted by Crippen LogP contribution is -2.36. The number of hydrogen-bond acceptors (Lipinski definition) is 5. The third-order valence-corrected chi connectivity index (χ3v) is 6.05. The number of pyridine rings is 1. The van der Waals surface area contributed by atoms with E-state index in [0.29, 0.717) is 19.8 Å². The van der Waals surface area contributed by atoms with E-state index in [0.717, 1.165) is 35.4 Å². The number of thiophene rings is 1. The van der Waals surface area contributed by atoms with Crippen LogP contribution in [0.3, 0.4) is 0 Å². The second-order valence-electron chi connectivity index (χ2n) is 6.90. The van der Waals surface area contributed by atoms with Crippen molar-refractivity contribution in [3.63, 3.8) is 0 Å². The van der Waals surface area contributed by atoms with Crippen molar-refractivity contribution >= 4 is 17.2 Å². The second-order valence-corrected chi connectivity index (χ2v) is 7.82. The molecule has 2 atom stereocenters. The van der Waals surface area contributed by atoms with E-state index in [1.54, 1.807) is 6.20 Å². The van der Waals surface area contributed by atoms with Crippen LogP contribution >= 0.6 is 11.3 Å². The molecule has 0 saturated carbocycles. The van der Waals surface area contributed by atoms with E-state index >= 15 is 0 Å². The molecule has 2 aromatic rings. The van der Waals surface area contributed by atoms with Crippen molar-refractivity contribution in [2.24, 2.45) is 0 Å². The number of hydrogen-bond donors (Lipinski definition) is 0. The Labute approximate surface area is 151 Å². The molecule has 1 spiro atoms. The maximum atomic E-state index is 12.7. The molecule has 5 nitrogen and oxygen atoms in total. The van der Waals surface area contributed by atoms with Crippen LogP contribution in [-0.4, -0.2) is 47.2 Å². The van der Waals surface area contributed by atoms with Gasteiger partial charge in [0.1, 0.15) is 0 Å². The molecule has 0 aliphatic carbocycles. The van der Waals surface area contributed by atoms with Crippen LogP contribution in [0, 0.1) is 6.92 Å². The van der Waals surface area contributed by atoms with E-state index in [2.05, 4.69) is 4.98 Å². The quantitative estimate of drug-likeness (QED) is 0.843. The standard InChI is InChI=1S/C19H22N2O3S/c1-14-4-8-25-17(14)18(22)21-7-5-19(13-21)9-16(12-24-19)23-11-15-3-2-6-20-10-15/h2-4,6,8,10,16H,5,7,9,11-13H2,1H3/t16-,19-/m0/s1. The first-order chi connectivity index (χ1) is 12.2. The molecule has 2 saturated heterocycles. The Balaban J connectivity index is 1.33. The molecule has 0 aromatic carbocycles. The summed E-state index contributed by atoms with van der Waals surface area (Å²) < 4.78 is 12.1. The molecule has 0 unspecified atom stereocenters. The lowest BCUT2D eigenvalue weighted by atomic mass is 9.98. The summed E-state index contributed by atoms with van der Waals surface area (Å²) in [6.45, 7) is 4.56. The highest BCUT2D eigenvalue weighted by molar-refractivity contribution is 7.12. The Kier molecular flexibility index (Phi) is 4.58. The molecule has 2 aliphatic rings. The first-order valence-electron chi connectivity index (χ1n) is 8.63. The van der Waals surface area contributed by atoms with Gasteiger partial charge in [-0.1, -0.05) is 6.07 Å². The van der Waals surface area contributed by atoms with Gasteiger partial charge in [-0.25, -0.2) is 0 Å². The first kappa shape index (κ1) is 16.7. The summed E-state index contributed by atoms with van der Waals surface area (Å²) in [7, 11) is 0. The van der Waals surface area contributed by atoms with Crippen LogP contribution in [0.15, 0.2) is 36.0 Å². The molecule has 1 amide bonds. The summed E-state index contributed by atoms with van der Waals surface area (Å²) >= 11 is 1.52. The van der Waals surface area contributed by atoms with Crippen LogP contribution in [0.5, 0.6) is 0 Å². The molecule has 2 aliphatic heterocycles. The van der Waals surface area contributed by atoms with Crippen LogP contribution in [0.2, 0.25) is 0 Å². The zero-order chi connectivity index (χ0) is 17.3. The van der Waals surface area contributed by atoms with Gasteiger partial charge in [-0.3, -0.25) is 9.78 Å². The zero-order valence-electron chi connectivity index (χ0n) is 14.3. The molecule has 4 heterocycles. The molecular formula is C19H22N2O3S.